The van der Waals surface area contributed by atoms with Crippen LogP contribution in [0.4, 0.5) is 0 Å². The Kier molecular flexibility index (Phi) is 8.61. The number of oxazole rings is 1. The van der Waals surface area contributed by atoms with Gasteiger partial charge in [-0.3, -0.25) is 0 Å². The minimum absolute atomic E-state index is 0.617. The quantitative estimate of drug-likeness (QED) is 0.458. The first-order valence-corrected chi connectivity index (χ1v) is 8.20. The summed E-state index contributed by atoms with van der Waals surface area (Å²) in [6.07, 6.45) is 15.2. The van der Waals surface area contributed by atoms with E-state index in [1.807, 2.05) is 13.2 Å². The molecular formula is C17H31NO. The van der Waals surface area contributed by atoms with Crippen LogP contribution < -0.4 is 0 Å². The lowest BCUT2D eigenvalue weighted by Gasteiger charge is -2.14. The summed E-state index contributed by atoms with van der Waals surface area (Å²) in [7, 11) is 0. The smallest absolute Gasteiger partial charge is 0.191 e. The highest BCUT2D eigenvalue weighted by molar-refractivity contribution is 5.03. The fourth-order valence-corrected chi connectivity index (χ4v) is 2.64. The summed E-state index contributed by atoms with van der Waals surface area (Å²) in [5.41, 5.74) is 1.19. The molecule has 1 heterocycles. The van der Waals surface area contributed by atoms with Crippen LogP contribution in [0.3, 0.4) is 0 Å². The molecule has 0 unspecified atom stereocenters. The average molecular weight is 265 g/mol. The van der Waals surface area contributed by atoms with Gasteiger partial charge in [0, 0.05) is 12.8 Å². The maximum atomic E-state index is 5.39. The van der Waals surface area contributed by atoms with Crippen molar-refractivity contribution in [3.8, 4) is 0 Å². The number of hydrogen-bond donors (Lipinski definition) is 0. The van der Waals surface area contributed by atoms with E-state index in [0.29, 0.717) is 5.92 Å². The predicted molar refractivity (Wildman–Crippen MR) is 81.5 cm³/mol. The second-order valence-corrected chi connectivity index (χ2v) is 5.69. The Morgan fingerprint density at radius 3 is 1.95 bits per heavy atom. The van der Waals surface area contributed by atoms with E-state index in [9.17, 15) is 0 Å². The van der Waals surface area contributed by atoms with Crippen LogP contribution in [-0.2, 0) is 0 Å². The second-order valence-electron chi connectivity index (χ2n) is 5.69. The van der Waals surface area contributed by atoms with Crippen molar-refractivity contribution in [1.29, 1.82) is 0 Å². The molecule has 0 aromatic carbocycles. The molecule has 0 amide bonds. The van der Waals surface area contributed by atoms with Crippen molar-refractivity contribution in [3.05, 3.63) is 17.8 Å². The van der Waals surface area contributed by atoms with E-state index >= 15 is 0 Å². The molecule has 110 valence electrons. The molecule has 2 nitrogen and oxygen atoms in total. The first-order chi connectivity index (χ1) is 9.27. The minimum atomic E-state index is 0.617. The molecule has 2 heteroatoms. The maximum Gasteiger partial charge on any atom is 0.191 e. The highest BCUT2D eigenvalue weighted by Crippen LogP contribution is 2.28. The van der Waals surface area contributed by atoms with Crippen LogP contribution in [0.25, 0.3) is 0 Å². The van der Waals surface area contributed by atoms with Crippen LogP contribution in [0.5, 0.6) is 0 Å². The van der Waals surface area contributed by atoms with Crippen molar-refractivity contribution in [1.82, 2.24) is 4.98 Å². The normalized spacial score (nSPS) is 11.4. The second kappa shape index (κ2) is 10.1. The van der Waals surface area contributed by atoms with Gasteiger partial charge in [0.05, 0.1) is 5.69 Å². The van der Waals surface area contributed by atoms with E-state index in [2.05, 4.69) is 18.8 Å². The molecular weight excluding hydrogens is 234 g/mol. The summed E-state index contributed by atoms with van der Waals surface area (Å²) < 4.78 is 5.39. The first kappa shape index (κ1) is 16.3. The number of hydrogen-bond acceptors (Lipinski definition) is 2. The molecule has 0 aliphatic rings. The molecule has 0 spiro atoms. The topological polar surface area (TPSA) is 26.0 Å². The summed E-state index contributed by atoms with van der Waals surface area (Å²) in [4.78, 5) is 4.54. The Morgan fingerprint density at radius 2 is 1.53 bits per heavy atom. The van der Waals surface area contributed by atoms with Gasteiger partial charge >= 0.3 is 0 Å². The van der Waals surface area contributed by atoms with Crippen LogP contribution >= 0.6 is 0 Å². The number of unbranched alkanes of at least 4 members (excludes halogenated alkanes) is 6. The van der Waals surface area contributed by atoms with Crippen molar-refractivity contribution < 1.29 is 4.42 Å². The first-order valence-electron chi connectivity index (χ1n) is 8.20. The molecule has 0 radical (unpaired) electrons. The number of nitrogens with zero attached hydrogens (tertiary/aromatic N) is 1. The van der Waals surface area contributed by atoms with Gasteiger partial charge in [-0.05, 0) is 12.8 Å². The van der Waals surface area contributed by atoms with E-state index in [4.69, 9.17) is 4.42 Å². The number of rotatable bonds is 11. The Balaban J connectivity index is 2.38. The predicted octanol–water partition coefficient (Wildman–Crippen LogP) is 6.01. The molecule has 0 atom stereocenters. The molecule has 0 aliphatic heterocycles. The summed E-state index contributed by atoms with van der Waals surface area (Å²) >= 11 is 0. The summed E-state index contributed by atoms with van der Waals surface area (Å²) in [6.45, 7) is 6.47. The van der Waals surface area contributed by atoms with Crippen LogP contribution in [-0.4, -0.2) is 4.98 Å². The van der Waals surface area contributed by atoms with Crippen LogP contribution in [0.1, 0.15) is 95.6 Å². The van der Waals surface area contributed by atoms with E-state index in [-0.39, 0.29) is 0 Å². The standard InChI is InChI=1S/C17H31NO/c1-4-6-8-10-12-16(13-11-9-7-5-2)17-14-19-15(3)18-17/h14,16H,4-13H2,1-3H3. The van der Waals surface area contributed by atoms with Crippen LogP contribution in [0.15, 0.2) is 10.7 Å². The lowest BCUT2D eigenvalue weighted by atomic mass is 9.92. The van der Waals surface area contributed by atoms with Crippen molar-refractivity contribution >= 4 is 0 Å². The van der Waals surface area contributed by atoms with Crippen LogP contribution in [0, 0.1) is 6.92 Å². The number of aryl methyl sites for hydroxylation is 1. The third-order valence-corrected chi connectivity index (χ3v) is 3.87. The van der Waals surface area contributed by atoms with Gasteiger partial charge in [0.15, 0.2) is 5.89 Å². The summed E-state index contributed by atoms with van der Waals surface area (Å²) in [5, 5.41) is 0. The third-order valence-electron chi connectivity index (χ3n) is 3.87. The van der Waals surface area contributed by atoms with Crippen molar-refractivity contribution in [2.75, 3.05) is 0 Å². The lowest BCUT2D eigenvalue weighted by molar-refractivity contribution is 0.484. The Hall–Kier alpha value is -0.790. The molecule has 1 aromatic rings. The fourth-order valence-electron chi connectivity index (χ4n) is 2.64. The molecule has 0 saturated carbocycles. The average Bonchev–Trinajstić information content (AvgIpc) is 2.83. The molecule has 0 fully saturated rings. The summed E-state index contributed by atoms with van der Waals surface area (Å²) in [6, 6.07) is 0. The highest BCUT2D eigenvalue weighted by Gasteiger charge is 2.14. The molecule has 1 aromatic heterocycles. The molecule has 1 rings (SSSR count). The Morgan fingerprint density at radius 1 is 0.947 bits per heavy atom. The molecule has 0 N–H and O–H groups in total. The zero-order valence-corrected chi connectivity index (χ0v) is 13.1. The van der Waals surface area contributed by atoms with Gasteiger partial charge in [-0.15, -0.1) is 0 Å². The monoisotopic (exact) mass is 265 g/mol. The highest BCUT2D eigenvalue weighted by atomic mass is 16.3. The van der Waals surface area contributed by atoms with Gasteiger partial charge in [0.25, 0.3) is 0 Å². The van der Waals surface area contributed by atoms with Gasteiger partial charge < -0.3 is 4.42 Å². The van der Waals surface area contributed by atoms with Gasteiger partial charge in [-0.25, -0.2) is 4.98 Å². The summed E-state index contributed by atoms with van der Waals surface area (Å²) in [5.74, 6) is 1.42. The van der Waals surface area contributed by atoms with Crippen molar-refractivity contribution in [2.24, 2.45) is 0 Å². The number of aromatic nitrogens is 1. The van der Waals surface area contributed by atoms with Crippen molar-refractivity contribution in [3.63, 3.8) is 0 Å². The molecule has 0 aliphatic carbocycles. The fraction of sp³-hybridized carbons (Fsp3) is 0.824. The maximum absolute atomic E-state index is 5.39. The molecule has 0 saturated heterocycles. The SMILES string of the molecule is CCCCCCC(CCCCCC)c1coc(C)n1. The largest absolute Gasteiger partial charge is 0.449 e. The Labute approximate surface area is 119 Å². The van der Waals surface area contributed by atoms with E-state index < -0.39 is 0 Å². The van der Waals surface area contributed by atoms with Gasteiger partial charge in [0.1, 0.15) is 6.26 Å². The van der Waals surface area contributed by atoms with E-state index in [1.54, 1.807) is 0 Å². The van der Waals surface area contributed by atoms with Crippen LogP contribution in [0.2, 0.25) is 0 Å². The Bertz CT molecular complexity index is 307. The molecule has 0 bridgehead atoms. The lowest BCUT2D eigenvalue weighted by Crippen LogP contribution is -2.00. The van der Waals surface area contributed by atoms with Gasteiger partial charge in [-0.1, -0.05) is 65.2 Å². The minimum Gasteiger partial charge on any atom is -0.449 e. The molecule has 19 heavy (non-hydrogen) atoms. The van der Waals surface area contributed by atoms with Crippen molar-refractivity contribution in [2.45, 2.75) is 90.9 Å². The zero-order chi connectivity index (χ0) is 13.9. The van der Waals surface area contributed by atoms with Gasteiger partial charge in [-0.2, -0.15) is 0 Å². The van der Waals surface area contributed by atoms with E-state index in [1.165, 1.54) is 69.9 Å². The van der Waals surface area contributed by atoms with Gasteiger partial charge in [0.2, 0.25) is 0 Å². The van der Waals surface area contributed by atoms with E-state index in [0.717, 1.165) is 5.89 Å². The zero-order valence-electron chi connectivity index (χ0n) is 13.1. The third kappa shape index (κ3) is 6.79.